The Bertz CT molecular complexity index is 1130. The lowest BCUT2D eigenvalue weighted by Crippen LogP contribution is -2.50. The molecule has 184 valence electrons. The second-order valence-electron chi connectivity index (χ2n) is 9.57. The molecule has 0 N–H and O–H groups in total. The van der Waals surface area contributed by atoms with E-state index in [4.69, 9.17) is 4.74 Å². The number of halogens is 2. The highest BCUT2D eigenvalue weighted by atomic mass is 19.1. The summed E-state index contributed by atoms with van der Waals surface area (Å²) in [6, 6.07) is 12.3. The molecule has 2 heterocycles. The normalized spacial score (nSPS) is 21.6. The summed E-state index contributed by atoms with van der Waals surface area (Å²) in [6.45, 7) is 2.73. The van der Waals surface area contributed by atoms with E-state index in [9.17, 15) is 18.4 Å². The third-order valence-electron chi connectivity index (χ3n) is 7.02. The van der Waals surface area contributed by atoms with E-state index in [-0.39, 0.29) is 23.9 Å². The monoisotopic (exact) mass is 481 g/mol. The zero-order valence-corrected chi connectivity index (χ0v) is 19.7. The topological polar surface area (TPSA) is 53.1 Å². The number of likely N-dealkylation sites (N-methyl/N-ethyl adjacent to an activating group) is 1. The van der Waals surface area contributed by atoms with E-state index in [0.29, 0.717) is 18.7 Å². The van der Waals surface area contributed by atoms with Crippen molar-refractivity contribution in [1.82, 2.24) is 14.7 Å². The molecule has 35 heavy (non-hydrogen) atoms. The van der Waals surface area contributed by atoms with Crippen LogP contribution in [-0.4, -0.2) is 72.6 Å². The van der Waals surface area contributed by atoms with Crippen molar-refractivity contribution in [2.75, 3.05) is 39.8 Å². The lowest BCUT2D eigenvalue weighted by Gasteiger charge is -2.34. The van der Waals surface area contributed by atoms with Crippen molar-refractivity contribution in [2.45, 2.75) is 25.0 Å². The zero-order chi connectivity index (χ0) is 24.5. The number of hydrogen-bond acceptors (Lipinski definition) is 4. The molecule has 0 aromatic heterocycles. The van der Waals surface area contributed by atoms with Gasteiger partial charge in [0.2, 0.25) is 0 Å². The summed E-state index contributed by atoms with van der Waals surface area (Å²) in [4.78, 5) is 32.1. The van der Waals surface area contributed by atoms with Crippen LogP contribution in [0.4, 0.5) is 13.6 Å². The lowest BCUT2D eigenvalue weighted by molar-refractivity contribution is -0.142. The van der Waals surface area contributed by atoms with Gasteiger partial charge in [-0.25, -0.2) is 13.6 Å². The van der Waals surface area contributed by atoms with Crippen molar-refractivity contribution < 1.29 is 23.1 Å². The van der Waals surface area contributed by atoms with Gasteiger partial charge in [0.05, 0.1) is 6.04 Å². The standard InChI is InChI=1S/C27H29F2N3O3/c1-30-11-13-31(14-12-30)27(34)35-25(19-7-8-19)26(33)32-17-20(22-16-21(28)9-10-23(22)29)15-24(32)18-5-3-2-4-6-18/h2-6,9-10,15-16,19,24-25H,7-8,11-14,17H2,1H3/t24-,25-/m0/s1. The van der Waals surface area contributed by atoms with Crippen LogP contribution in [0.1, 0.15) is 30.0 Å². The van der Waals surface area contributed by atoms with Crippen LogP contribution in [-0.2, 0) is 9.53 Å². The minimum Gasteiger partial charge on any atom is -0.436 e. The maximum Gasteiger partial charge on any atom is 0.410 e. The highest BCUT2D eigenvalue weighted by Crippen LogP contribution is 2.40. The molecule has 5 rings (SSSR count). The SMILES string of the molecule is CN1CCN(C(=O)O[C@H](C(=O)N2CC(c3cc(F)ccc3F)=C[C@H]2c2ccccc2)C2CC2)CC1. The Balaban J connectivity index is 1.40. The van der Waals surface area contributed by atoms with Crippen molar-refractivity contribution in [3.8, 4) is 0 Å². The van der Waals surface area contributed by atoms with Crippen molar-refractivity contribution >= 4 is 17.6 Å². The largest absolute Gasteiger partial charge is 0.436 e. The van der Waals surface area contributed by atoms with Gasteiger partial charge in [0, 0.05) is 44.2 Å². The van der Waals surface area contributed by atoms with Crippen molar-refractivity contribution in [1.29, 1.82) is 0 Å². The number of benzene rings is 2. The molecule has 6 nitrogen and oxygen atoms in total. The Morgan fingerprint density at radius 2 is 1.71 bits per heavy atom. The Morgan fingerprint density at radius 1 is 1.00 bits per heavy atom. The van der Waals surface area contributed by atoms with E-state index in [1.807, 2.05) is 37.4 Å². The van der Waals surface area contributed by atoms with Crippen molar-refractivity contribution in [3.63, 3.8) is 0 Å². The molecule has 2 atom stereocenters. The fraction of sp³-hybridized carbons (Fsp3) is 0.407. The van der Waals surface area contributed by atoms with Crippen molar-refractivity contribution in [2.24, 2.45) is 5.92 Å². The van der Waals surface area contributed by atoms with Gasteiger partial charge in [-0.2, -0.15) is 0 Å². The summed E-state index contributed by atoms with van der Waals surface area (Å²) < 4.78 is 34.3. The summed E-state index contributed by atoms with van der Waals surface area (Å²) in [6.07, 6.45) is 2.07. The number of amides is 2. The third-order valence-corrected chi connectivity index (χ3v) is 7.02. The smallest absolute Gasteiger partial charge is 0.410 e. The van der Waals surface area contributed by atoms with Crippen LogP contribution < -0.4 is 0 Å². The molecule has 0 unspecified atom stereocenters. The van der Waals surface area contributed by atoms with Crippen LogP contribution in [0.15, 0.2) is 54.6 Å². The van der Waals surface area contributed by atoms with E-state index < -0.39 is 29.9 Å². The Hall–Kier alpha value is -3.26. The molecule has 1 saturated carbocycles. The number of ether oxygens (including phenoxy) is 1. The van der Waals surface area contributed by atoms with Crippen LogP contribution in [0.5, 0.6) is 0 Å². The fourth-order valence-corrected chi connectivity index (χ4v) is 4.76. The summed E-state index contributed by atoms with van der Waals surface area (Å²) in [7, 11) is 2.00. The maximum atomic E-state index is 14.6. The molecule has 3 aliphatic rings. The fourth-order valence-electron chi connectivity index (χ4n) is 4.76. The van der Waals surface area contributed by atoms with Crippen LogP contribution in [0.2, 0.25) is 0 Å². The van der Waals surface area contributed by atoms with Gasteiger partial charge in [0.1, 0.15) is 11.6 Å². The molecule has 0 bridgehead atoms. The van der Waals surface area contributed by atoms with Gasteiger partial charge in [-0.1, -0.05) is 36.4 Å². The average Bonchev–Trinajstić information content (AvgIpc) is 3.62. The molecule has 2 amide bonds. The molecule has 2 fully saturated rings. The first-order chi connectivity index (χ1) is 16.9. The third kappa shape index (κ3) is 5.07. The van der Waals surface area contributed by atoms with Gasteiger partial charge in [0.25, 0.3) is 5.91 Å². The van der Waals surface area contributed by atoms with Gasteiger partial charge >= 0.3 is 6.09 Å². The molecular weight excluding hydrogens is 452 g/mol. The minimum atomic E-state index is -0.890. The summed E-state index contributed by atoms with van der Waals surface area (Å²) in [5.74, 6) is -1.41. The number of carbonyl (C=O) groups is 2. The minimum absolute atomic E-state index is 0.0229. The summed E-state index contributed by atoms with van der Waals surface area (Å²) in [5.41, 5.74) is 1.52. The van der Waals surface area contributed by atoms with Crippen LogP contribution in [0.3, 0.4) is 0 Å². The van der Waals surface area contributed by atoms with E-state index in [0.717, 1.165) is 49.7 Å². The predicted molar refractivity (Wildman–Crippen MR) is 127 cm³/mol. The number of rotatable bonds is 5. The van der Waals surface area contributed by atoms with Crippen LogP contribution >= 0.6 is 0 Å². The summed E-state index contributed by atoms with van der Waals surface area (Å²) in [5, 5.41) is 0. The Morgan fingerprint density at radius 3 is 2.40 bits per heavy atom. The number of carbonyl (C=O) groups excluding carboxylic acids is 2. The first kappa shape index (κ1) is 23.5. The quantitative estimate of drug-likeness (QED) is 0.646. The first-order valence-electron chi connectivity index (χ1n) is 12.1. The van der Waals surface area contributed by atoms with E-state index in [1.165, 1.54) is 0 Å². The molecule has 0 radical (unpaired) electrons. The van der Waals surface area contributed by atoms with Gasteiger partial charge in [0.15, 0.2) is 6.10 Å². The highest BCUT2D eigenvalue weighted by Gasteiger charge is 2.45. The maximum absolute atomic E-state index is 14.6. The number of hydrogen-bond donors (Lipinski definition) is 0. The van der Waals surface area contributed by atoms with Crippen LogP contribution in [0.25, 0.3) is 5.57 Å². The molecule has 1 saturated heterocycles. The zero-order valence-electron chi connectivity index (χ0n) is 19.7. The van der Waals surface area contributed by atoms with Crippen molar-refractivity contribution in [3.05, 3.63) is 77.4 Å². The molecule has 8 heteroatoms. The van der Waals surface area contributed by atoms with Gasteiger partial charge in [-0.05, 0) is 49.2 Å². The second kappa shape index (κ2) is 9.77. The number of nitrogens with zero attached hydrogens (tertiary/aromatic N) is 3. The van der Waals surface area contributed by atoms with Gasteiger partial charge in [-0.15, -0.1) is 0 Å². The highest BCUT2D eigenvalue weighted by molar-refractivity contribution is 5.88. The van der Waals surface area contributed by atoms with E-state index >= 15 is 0 Å². The first-order valence-corrected chi connectivity index (χ1v) is 12.1. The van der Waals surface area contributed by atoms with E-state index in [2.05, 4.69) is 4.90 Å². The molecule has 2 aliphatic heterocycles. The second-order valence-corrected chi connectivity index (χ2v) is 9.57. The lowest BCUT2D eigenvalue weighted by atomic mass is 10.0. The molecule has 1 aliphatic carbocycles. The van der Waals surface area contributed by atoms with E-state index in [1.54, 1.807) is 15.9 Å². The Labute approximate surface area is 203 Å². The molecule has 2 aromatic carbocycles. The van der Waals surface area contributed by atoms with Gasteiger partial charge < -0.3 is 19.4 Å². The average molecular weight is 482 g/mol. The molecular formula is C27H29F2N3O3. The van der Waals surface area contributed by atoms with Gasteiger partial charge in [-0.3, -0.25) is 4.79 Å². The number of piperazine rings is 1. The summed E-state index contributed by atoms with van der Waals surface area (Å²) >= 11 is 0. The predicted octanol–water partition coefficient (Wildman–Crippen LogP) is 4.09. The van der Waals surface area contributed by atoms with Crippen LogP contribution in [0, 0.1) is 17.6 Å². The molecule has 2 aromatic rings. The molecule has 0 spiro atoms. The Kier molecular flexibility index (Phi) is 6.56.